The highest BCUT2D eigenvalue weighted by Crippen LogP contribution is 2.42. The van der Waals surface area contributed by atoms with E-state index in [-0.39, 0.29) is 22.3 Å². The minimum absolute atomic E-state index is 0.0643. The Morgan fingerprint density at radius 2 is 1.89 bits per heavy atom. The van der Waals surface area contributed by atoms with E-state index in [4.69, 9.17) is 13.9 Å². The van der Waals surface area contributed by atoms with Crippen molar-refractivity contribution in [1.29, 1.82) is 0 Å². The molecule has 0 fully saturated rings. The van der Waals surface area contributed by atoms with Crippen molar-refractivity contribution in [3.05, 3.63) is 93.2 Å². The Morgan fingerprint density at radius 3 is 2.61 bits per heavy atom. The molecule has 0 aliphatic carbocycles. The number of hydrogen-bond acceptors (Lipinski definition) is 6. The van der Waals surface area contributed by atoms with E-state index in [2.05, 4.69) is 4.98 Å². The van der Waals surface area contributed by atoms with E-state index in [0.29, 0.717) is 41.1 Å². The summed E-state index contributed by atoms with van der Waals surface area (Å²) in [5.74, 6) is 0.526. The zero-order valence-corrected chi connectivity index (χ0v) is 20.4. The molecule has 1 aliphatic heterocycles. The lowest BCUT2D eigenvalue weighted by atomic mass is 9.98. The first kappa shape index (κ1) is 23.5. The van der Waals surface area contributed by atoms with Gasteiger partial charge in [0.05, 0.1) is 30.7 Å². The van der Waals surface area contributed by atoms with Crippen LogP contribution < -0.4 is 19.8 Å². The fourth-order valence-electron chi connectivity index (χ4n) is 4.39. The van der Waals surface area contributed by atoms with Crippen molar-refractivity contribution in [1.82, 2.24) is 4.98 Å². The van der Waals surface area contributed by atoms with Crippen molar-refractivity contribution in [2.24, 2.45) is 5.92 Å². The first-order chi connectivity index (χ1) is 17.3. The maximum atomic E-state index is 14.0. The van der Waals surface area contributed by atoms with E-state index in [0.717, 1.165) is 6.07 Å². The SMILES string of the molecule is COc1cc(C2c3c(oc4ccc(F)cc4c3=O)C(=O)N2c2cccc(C)n2)ccc1OCC(C)C. The lowest BCUT2D eigenvalue weighted by molar-refractivity contribution is 0.0970. The number of nitrogens with zero attached hydrogens (tertiary/aromatic N) is 2. The Labute approximate surface area is 207 Å². The Balaban J connectivity index is 1.74. The summed E-state index contributed by atoms with van der Waals surface area (Å²) < 4.78 is 31.4. The molecule has 4 aromatic rings. The zero-order chi connectivity index (χ0) is 25.6. The lowest BCUT2D eigenvalue weighted by Gasteiger charge is -2.25. The summed E-state index contributed by atoms with van der Waals surface area (Å²) >= 11 is 0. The quantitative estimate of drug-likeness (QED) is 0.360. The van der Waals surface area contributed by atoms with Crippen molar-refractivity contribution in [2.45, 2.75) is 26.8 Å². The number of pyridine rings is 1. The van der Waals surface area contributed by atoms with Crippen molar-refractivity contribution in [3.8, 4) is 11.5 Å². The van der Waals surface area contributed by atoms with Gasteiger partial charge in [-0.05, 0) is 60.9 Å². The molecule has 1 aliphatic rings. The van der Waals surface area contributed by atoms with Gasteiger partial charge in [-0.2, -0.15) is 0 Å². The summed E-state index contributed by atoms with van der Waals surface area (Å²) in [7, 11) is 1.53. The smallest absolute Gasteiger partial charge is 0.296 e. The number of ether oxygens (including phenoxy) is 2. The molecule has 2 aromatic heterocycles. The van der Waals surface area contributed by atoms with Gasteiger partial charge in [0.15, 0.2) is 16.9 Å². The number of fused-ring (bicyclic) bond motifs is 2. The van der Waals surface area contributed by atoms with Crippen LogP contribution in [0.3, 0.4) is 0 Å². The van der Waals surface area contributed by atoms with Crippen LogP contribution in [0.1, 0.15) is 47.3 Å². The minimum Gasteiger partial charge on any atom is -0.493 e. The van der Waals surface area contributed by atoms with Crippen LogP contribution in [0.2, 0.25) is 0 Å². The fraction of sp³-hybridized carbons (Fsp3) is 0.250. The fourth-order valence-corrected chi connectivity index (χ4v) is 4.39. The lowest BCUT2D eigenvalue weighted by Crippen LogP contribution is -2.30. The number of methoxy groups -OCH3 is 1. The summed E-state index contributed by atoms with van der Waals surface area (Å²) in [5.41, 5.74) is 1.10. The van der Waals surface area contributed by atoms with Crippen LogP contribution in [0.5, 0.6) is 11.5 Å². The van der Waals surface area contributed by atoms with Crippen LogP contribution in [-0.2, 0) is 0 Å². The van der Waals surface area contributed by atoms with Crippen molar-refractivity contribution >= 4 is 22.7 Å². The predicted octanol–water partition coefficient (Wildman–Crippen LogP) is 5.43. The van der Waals surface area contributed by atoms with Gasteiger partial charge in [0.2, 0.25) is 5.76 Å². The number of carbonyl (C=O) groups excluding carboxylic acids is 1. The molecule has 0 saturated heterocycles. The van der Waals surface area contributed by atoms with E-state index in [1.54, 1.807) is 30.3 Å². The Morgan fingerprint density at radius 1 is 1.08 bits per heavy atom. The van der Waals surface area contributed by atoms with E-state index < -0.39 is 23.2 Å². The van der Waals surface area contributed by atoms with Crippen molar-refractivity contribution in [2.75, 3.05) is 18.6 Å². The minimum atomic E-state index is -0.862. The number of halogens is 1. The Bertz CT molecular complexity index is 1550. The van der Waals surface area contributed by atoms with Crippen LogP contribution in [0, 0.1) is 18.7 Å². The molecular formula is C28H25FN2O5. The summed E-state index contributed by atoms with van der Waals surface area (Å²) in [6, 6.07) is 13.4. The maximum absolute atomic E-state index is 14.0. The third-order valence-corrected chi connectivity index (χ3v) is 6.03. The number of amides is 1. The summed E-state index contributed by atoms with van der Waals surface area (Å²) in [4.78, 5) is 33.3. The number of hydrogen-bond donors (Lipinski definition) is 0. The molecule has 7 nitrogen and oxygen atoms in total. The molecule has 5 rings (SSSR count). The number of aryl methyl sites for hydroxylation is 1. The summed E-state index contributed by atoms with van der Waals surface area (Å²) in [6.07, 6.45) is 0. The van der Waals surface area contributed by atoms with Gasteiger partial charge in [-0.15, -0.1) is 0 Å². The van der Waals surface area contributed by atoms with Gasteiger partial charge in [0.25, 0.3) is 5.91 Å². The predicted molar refractivity (Wildman–Crippen MR) is 133 cm³/mol. The van der Waals surface area contributed by atoms with Gasteiger partial charge >= 0.3 is 0 Å². The molecule has 184 valence electrons. The highest BCUT2D eigenvalue weighted by atomic mass is 19.1. The molecule has 0 bridgehead atoms. The second kappa shape index (κ2) is 9.11. The van der Waals surface area contributed by atoms with Crippen LogP contribution in [0.15, 0.2) is 63.8 Å². The van der Waals surface area contributed by atoms with Gasteiger partial charge in [-0.3, -0.25) is 14.5 Å². The van der Waals surface area contributed by atoms with Gasteiger partial charge in [0, 0.05) is 5.69 Å². The normalized spacial score (nSPS) is 15.0. The molecule has 3 heterocycles. The van der Waals surface area contributed by atoms with Crippen molar-refractivity contribution in [3.63, 3.8) is 0 Å². The highest BCUT2D eigenvalue weighted by molar-refractivity contribution is 6.10. The second-order valence-corrected chi connectivity index (χ2v) is 9.14. The molecule has 1 atom stereocenters. The number of aromatic nitrogens is 1. The zero-order valence-electron chi connectivity index (χ0n) is 20.4. The number of carbonyl (C=O) groups is 1. The van der Waals surface area contributed by atoms with Gasteiger partial charge in [-0.25, -0.2) is 9.37 Å². The number of benzene rings is 2. The first-order valence-electron chi connectivity index (χ1n) is 11.6. The third-order valence-electron chi connectivity index (χ3n) is 6.03. The third kappa shape index (κ3) is 3.98. The Hall–Kier alpha value is -4.20. The largest absolute Gasteiger partial charge is 0.493 e. The molecule has 8 heteroatoms. The molecule has 1 unspecified atom stereocenters. The monoisotopic (exact) mass is 488 g/mol. The Kier molecular flexibility index (Phi) is 5.96. The molecule has 0 saturated carbocycles. The molecule has 0 radical (unpaired) electrons. The van der Waals surface area contributed by atoms with Gasteiger partial charge in [-0.1, -0.05) is 26.0 Å². The molecular weight excluding hydrogens is 463 g/mol. The molecule has 0 spiro atoms. The van der Waals surface area contributed by atoms with Gasteiger partial charge < -0.3 is 13.9 Å². The van der Waals surface area contributed by atoms with E-state index in [1.165, 1.54) is 24.1 Å². The van der Waals surface area contributed by atoms with E-state index >= 15 is 0 Å². The molecule has 1 amide bonds. The van der Waals surface area contributed by atoms with Crippen LogP contribution in [-0.4, -0.2) is 24.6 Å². The summed E-state index contributed by atoms with van der Waals surface area (Å²) in [5, 5.41) is 0.0643. The number of anilines is 1. The van der Waals surface area contributed by atoms with Crippen LogP contribution in [0.4, 0.5) is 10.2 Å². The molecule has 0 N–H and O–H groups in total. The molecule has 2 aromatic carbocycles. The highest BCUT2D eigenvalue weighted by Gasteiger charge is 2.44. The topological polar surface area (TPSA) is 81.9 Å². The maximum Gasteiger partial charge on any atom is 0.296 e. The van der Waals surface area contributed by atoms with E-state index in [1.807, 2.05) is 26.8 Å². The van der Waals surface area contributed by atoms with E-state index in [9.17, 15) is 14.0 Å². The van der Waals surface area contributed by atoms with Crippen LogP contribution >= 0.6 is 0 Å². The number of rotatable bonds is 6. The van der Waals surface area contributed by atoms with Crippen molar-refractivity contribution < 1.29 is 23.1 Å². The molecule has 36 heavy (non-hydrogen) atoms. The standard InChI is InChI=1S/C28H25FN2O5/c1-15(2)14-35-21-10-8-17(12-22(21)34-4)25-24-26(32)19-13-18(29)9-11-20(19)36-27(24)28(33)31(25)23-7-5-6-16(3)30-23/h5-13,15,25H,14H2,1-4H3. The van der Waals surface area contributed by atoms with Crippen LogP contribution in [0.25, 0.3) is 11.0 Å². The van der Waals surface area contributed by atoms with Gasteiger partial charge in [0.1, 0.15) is 17.2 Å². The second-order valence-electron chi connectivity index (χ2n) is 9.14. The summed E-state index contributed by atoms with van der Waals surface area (Å²) in [6.45, 7) is 6.40. The first-order valence-corrected chi connectivity index (χ1v) is 11.6. The average Bonchev–Trinajstić information content (AvgIpc) is 3.15. The average molecular weight is 489 g/mol.